The molecule has 2 aromatic carbocycles. The minimum atomic E-state index is -0.910. The molecule has 0 spiro atoms. The van der Waals surface area contributed by atoms with Gasteiger partial charge in [-0.3, -0.25) is 4.79 Å². The Morgan fingerprint density at radius 2 is 1.81 bits per heavy atom. The summed E-state index contributed by atoms with van der Waals surface area (Å²) < 4.78 is 10.9. The van der Waals surface area contributed by atoms with Crippen LogP contribution in [0.1, 0.15) is 35.2 Å². The Bertz CT molecular complexity index is 732. The minimum absolute atomic E-state index is 0.00666. The molecule has 27 heavy (non-hydrogen) atoms. The van der Waals surface area contributed by atoms with Gasteiger partial charge in [0.1, 0.15) is 18.0 Å². The van der Waals surface area contributed by atoms with Crippen molar-refractivity contribution in [2.45, 2.75) is 31.5 Å². The molecule has 1 N–H and O–H groups in total. The average molecular weight is 369 g/mol. The molecule has 0 radical (unpaired) electrons. The Morgan fingerprint density at radius 1 is 1.07 bits per heavy atom. The second-order valence-electron chi connectivity index (χ2n) is 7.10. The van der Waals surface area contributed by atoms with E-state index in [1.54, 1.807) is 7.11 Å². The number of hydrogen-bond acceptors (Lipinski definition) is 4. The van der Waals surface area contributed by atoms with Gasteiger partial charge < -0.3 is 19.5 Å². The third kappa shape index (κ3) is 5.31. The van der Waals surface area contributed by atoms with Crippen molar-refractivity contribution in [1.82, 2.24) is 4.90 Å². The van der Waals surface area contributed by atoms with E-state index in [1.807, 2.05) is 59.5 Å². The molecule has 144 valence electrons. The van der Waals surface area contributed by atoms with E-state index in [2.05, 4.69) is 0 Å². The number of benzene rings is 2. The van der Waals surface area contributed by atoms with Gasteiger partial charge in [0.25, 0.3) is 5.91 Å². The second-order valence-corrected chi connectivity index (χ2v) is 7.10. The molecule has 0 bridgehead atoms. The van der Waals surface area contributed by atoms with E-state index in [1.165, 1.54) is 0 Å². The van der Waals surface area contributed by atoms with Crippen molar-refractivity contribution in [3.63, 3.8) is 0 Å². The second kappa shape index (κ2) is 9.02. The van der Waals surface area contributed by atoms with E-state index < -0.39 is 5.60 Å². The van der Waals surface area contributed by atoms with Crippen LogP contribution < -0.4 is 4.74 Å². The monoisotopic (exact) mass is 369 g/mol. The zero-order valence-corrected chi connectivity index (χ0v) is 15.8. The normalized spacial score (nSPS) is 20.1. The van der Waals surface area contributed by atoms with Crippen LogP contribution >= 0.6 is 0 Å². The number of carbonyl (C=O) groups excluding carboxylic acids is 1. The van der Waals surface area contributed by atoms with Gasteiger partial charge in [-0.1, -0.05) is 30.3 Å². The van der Waals surface area contributed by atoms with Crippen molar-refractivity contribution in [3.05, 3.63) is 65.7 Å². The fourth-order valence-electron chi connectivity index (χ4n) is 3.35. The Hall–Kier alpha value is -2.37. The third-order valence-corrected chi connectivity index (χ3v) is 4.97. The topological polar surface area (TPSA) is 59.0 Å². The number of likely N-dealkylation sites (tertiary alicyclic amines) is 1. The summed E-state index contributed by atoms with van der Waals surface area (Å²) in [6.45, 7) is 1.94. The molecule has 1 unspecified atom stereocenters. The molecule has 5 nitrogen and oxygen atoms in total. The van der Waals surface area contributed by atoms with Gasteiger partial charge in [0.2, 0.25) is 0 Å². The number of para-hydroxylation sites is 1. The standard InChI is InChI=1S/C22H27NO4/c1-26-16-18-8-10-19(11-9-18)21(24)23-14-5-12-22(25,13-15-23)17-27-20-6-3-2-4-7-20/h2-4,6-11,25H,5,12-17H2,1H3. The highest BCUT2D eigenvalue weighted by atomic mass is 16.5. The first-order chi connectivity index (χ1) is 13.1. The maximum Gasteiger partial charge on any atom is 0.253 e. The first kappa shape index (κ1) is 19.4. The Labute approximate surface area is 160 Å². The predicted molar refractivity (Wildman–Crippen MR) is 104 cm³/mol. The molecule has 5 heteroatoms. The molecule has 1 amide bonds. The highest BCUT2D eigenvalue weighted by Gasteiger charge is 2.32. The Kier molecular flexibility index (Phi) is 6.48. The fraction of sp³-hybridized carbons (Fsp3) is 0.409. The zero-order chi connectivity index (χ0) is 19.1. The Morgan fingerprint density at radius 3 is 2.52 bits per heavy atom. The van der Waals surface area contributed by atoms with E-state index in [4.69, 9.17) is 9.47 Å². The van der Waals surface area contributed by atoms with E-state index in [-0.39, 0.29) is 12.5 Å². The Balaban J connectivity index is 1.57. The molecular weight excluding hydrogens is 342 g/mol. The fourth-order valence-corrected chi connectivity index (χ4v) is 3.35. The number of rotatable bonds is 6. The van der Waals surface area contributed by atoms with Gasteiger partial charge in [-0.2, -0.15) is 0 Å². The molecule has 0 aromatic heterocycles. The molecule has 2 aromatic rings. The van der Waals surface area contributed by atoms with Crippen LogP contribution in [0.2, 0.25) is 0 Å². The maximum absolute atomic E-state index is 12.8. The minimum Gasteiger partial charge on any atom is -0.491 e. The summed E-state index contributed by atoms with van der Waals surface area (Å²) in [5.41, 5.74) is 0.797. The number of nitrogens with zero attached hydrogens (tertiary/aromatic N) is 1. The first-order valence-corrected chi connectivity index (χ1v) is 9.37. The van der Waals surface area contributed by atoms with Gasteiger partial charge in [0, 0.05) is 25.8 Å². The lowest BCUT2D eigenvalue weighted by atomic mass is 9.96. The summed E-state index contributed by atoms with van der Waals surface area (Å²) in [6.07, 6.45) is 1.88. The van der Waals surface area contributed by atoms with Crippen LogP contribution in [-0.2, 0) is 11.3 Å². The van der Waals surface area contributed by atoms with Crippen molar-refractivity contribution in [1.29, 1.82) is 0 Å². The molecule has 0 saturated carbocycles. The van der Waals surface area contributed by atoms with Crippen LogP contribution in [0.4, 0.5) is 0 Å². The van der Waals surface area contributed by atoms with Gasteiger partial charge >= 0.3 is 0 Å². The molecule has 1 fully saturated rings. The zero-order valence-electron chi connectivity index (χ0n) is 15.8. The van der Waals surface area contributed by atoms with Crippen LogP contribution in [0.5, 0.6) is 5.75 Å². The van der Waals surface area contributed by atoms with Gasteiger partial charge in [-0.15, -0.1) is 0 Å². The van der Waals surface area contributed by atoms with Crippen molar-refractivity contribution in [3.8, 4) is 5.75 Å². The smallest absolute Gasteiger partial charge is 0.253 e. The number of amides is 1. The van der Waals surface area contributed by atoms with Gasteiger partial charge in [-0.25, -0.2) is 0 Å². The molecule has 1 aliphatic rings. The molecule has 1 saturated heterocycles. The maximum atomic E-state index is 12.8. The SMILES string of the molecule is COCc1ccc(C(=O)N2CCCC(O)(COc3ccccc3)CC2)cc1. The van der Waals surface area contributed by atoms with Crippen molar-refractivity contribution >= 4 is 5.91 Å². The number of ether oxygens (including phenoxy) is 2. The number of aliphatic hydroxyl groups is 1. The summed E-state index contributed by atoms with van der Waals surface area (Å²) in [5, 5.41) is 10.9. The number of hydrogen-bond donors (Lipinski definition) is 1. The highest BCUT2D eigenvalue weighted by Crippen LogP contribution is 2.25. The quantitative estimate of drug-likeness (QED) is 0.849. The lowest BCUT2D eigenvalue weighted by Crippen LogP contribution is -2.38. The van der Waals surface area contributed by atoms with Crippen LogP contribution in [-0.4, -0.2) is 48.3 Å². The summed E-state index contributed by atoms with van der Waals surface area (Å²) >= 11 is 0. The highest BCUT2D eigenvalue weighted by molar-refractivity contribution is 5.94. The molecule has 0 aliphatic carbocycles. The molecule has 1 aliphatic heterocycles. The molecular formula is C22H27NO4. The lowest BCUT2D eigenvalue weighted by molar-refractivity contribution is -0.0163. The molecule has 3 rings (SSSR count). The van der Waals surface area contributed by atoms with Crippen LogP contribution in [0.15, 0.2) is 54.6 Å². The molecule has 1 atom stereocenters. The summed E-state index contributed by atoms with van der Waals surface area (Å²) in [7, 11) is 1.65. The lowest BCUT2D eigenvalue weighted by Gasteiger charge is -2.27. The van der Waals surface area contributed by atoms with Gasteiger partial charge in [0.05, 0.1) is 6.61 Å². The van der Waals surface area contributed by atoms with Crippen LogP contribution in [0.25, 0.3) is 0 Å². The van der Waals surface area contributed by atoms with Gasteiger partial charge in [-0.05, 0) is 49.1 Å². The van der Waals surface area contributed by atoms with E-state index in [0.29, 0.717) is 38.1 Å². The largest absolute Gasteiger partial charge is 0.491 e. The van der Waals surface area contributed by atoms with E-state index in [0.717, 1.165) is 17.7 Å². The van der Waals surface area contributed by atoms with Crippen molar-refractivity contribution in [2.24, 2.45) is 0 Å². The number of methoxy groups -OCH3 is 1. The predicted octanol–water partition coefficient (Wildman–Crippen LogP) is 3.27. The van der Waals surface area contributed by atoms with Crippen LogP contribution in [0, 0.1) is 0 Å². The summed E-state index contributed by atoms with van der Waals surface area (Å²) in [5.74, 6) is 0.756. The molecule has 1 heterocycles. The number of carbonyl (C=O) groups is 1. The summed E-state index contributed by atoms with van der Waals surface area (Å²) in [6, 6.07) is 17.0. The van der Waals surface area contributed by atoms with Crippen molar-refractivity contribution in [2.75, 3.05) is 26.8 Å². The third-order valence-electron chi connectivity index (χ3n) is 4.97. The van der Waals surface area contributed by atoms with E-state index in [9.17, 15) is 9.90 Å². The average Bonchev–Trinajstić information content (AvgIpc) is 2.90. The van der Waals surface area contributed by atoms with Crippen LogP contribution in [0.3, 0.4) is 0 Å². The first-order valence-electron chi connectivity index (χ1n) is 9.37. The van der Waals surface area contributed by atoms with Gasteiger partial charge in [0.15, 0.2) is 0 Å². The summed E-state index contributed by atoms with van der Waals surface area (Å²) in [4.78, 5) is 14.6. The van der Waals surface area contributed by atoms with Crippen molar-refractivity contribution < 1.29 is 19.4 Å². The van der Waals surface area contributed by atoms with E-state index >= 15 is 0 Å².